The average Bonchev–Trinajstić information content (AvgIpc) is 2.00. The molecule has 0 rings (SSSR count). The molecule has 13 heavy (non-hydrogen) atoms. The second-order valence-corrected chi connectivity index (χ2v) is 4.39. The van der Waals surface area contributed by atoms with Crippen LogP contribution in [0.25, 0.3) is 0 Å². The molecule has 0 spiro atoms. The number of hydrogen-bond donors (Lipinski definition) is 1. The Bertz CT molecular complexity index is 113. The summed E-state index contributed by atoms with van der Waals surface area (Å²) >= 11 is 0. The lowest BCUT2D eigenvalue weighted by Gasteiger charge is -2.20. The molecule has 0 atom stereocenters. The van der Waals surface area contributed by atoms with E-state index in [9.17, 15) is 0 Å². The van der Waals surface area contributed by atoms with E-state index in [1.54, 1.807) is 0 Å². The zero-order valence-corrected chi connectivity index (χ0v) is 9.80. The molecule has 0 fully saturated rings. The molecule has 0 aromatic rings. The maximum Gasteiger partial charge on any atom is 0.0478 e. The molecule has 0 unspecified atom stereocenters. The normalized spacial score (nSPS) is 12.0. The first-order valence-electron chi connectivity index (χ1n) is 5.06. The van der Waals surface area contributed by atoms with Crippen molar-refractivity contribution in [3.05, 3.63) is 0 Å². The van der Waals surface area contributed by atoms with Crippen LogP contribution in [0.2, 0.25) is 0 Å². The lowest BCUT2D eigenvalue weighted by atomic mass is 10.2. The van der Waals surface area contributed by atoms with Crippen LogP contribution in [0.1, 0.15) is 13.8 Å². The van der Waals surface area contributed by atoms with Crippen LogP contribution < -0.4 is 5.32 Å². The van der Waals surface area contributed by atoms with E-state index in [0.29, 0.717) is 0 Å². The maximum atomic E-state index is 3.42. The van der Waals surface area contributed by atoms with Crippen LogP contribution in [0.15, 0.2) is 0 Å². The quantitative estimate of drug-likeness (QED) is 0.591. The molecular formula is C10H25N3. The van der Waals surface area contributed by atoms with Crippen molar-refractivity contribution in [1.29, 1.82) is 0 Å². The highest BCUT2D eigenvalue weighted by Gasteiger charge is 1.98. The van der Waals surface area contributed by atoms with Gasteiger partial charge in [0.25, 0.3) is 0 Å². The van der Waals surface area contributed by atoms with Crippen molar-refractivity contribution in [2.45, 2.75) is 13.8 Å². The molecule has 0 aliphatic heterocycles. The highest BCUT2D eigenvalue weighted by atomic mass is 15.2. The Morgan fingerprint density at radius 1 is 1.08 bits per heavy atom. The van der Waals surface area contributed by atoms with Crippen LogP contribution in [0.4, 0.5) is 0 Å². The fraction of sp³-hybridized carbons (Fsp3) is 1.00. The van der Waals surface area contributed by atoms with E-state index in [2.05, 4.69) is 50.1 Å². The number of rotatable bonds is 7. The van der Waals surface area contributed by atoms with Gasteiger partial charge in [-0.25, -0.2) is 0 Å². The van der Waals surface area contributed by atoms with E-state index in [4.69, 9.17) is 0 Å². The maximum absolute atomic E-state index is 3.42. The molecule has 0 aliphatic rings. The topological polar surface area (TPSA) is 18.5 Å². The van der Waals surface area contributed by atoms with E-state index in [1.807, 2.05) is 0 Å². The van der Waals surface area contributed by atoms with Gasteiger partial charge in [0.05, 0.1) is 0 Å². The summed E-state index contributed by atoms with van der Waals surface area (Å²) in [4.78, 5) is 4.52. The molecule has 0 heterocycles. The third-order valence-electron chi connectivity index (χ3n) is 1.86. The number of likely N-dealkylation sites (N-methyl/N-ethyl adjacent to an activating group) is 2. The molecule has 0 saturated heterocycles. The van der Waals surface area contributed by atoms with Gasteiger partial charge in [-0.2, -0.15) is 0 Å². The summed E-state index contributed by atoms with van der Waals surface area (Å²) in [6, 6.07) is 0. The molecule has 0 aromatic heterocycles. The van der Waals surface area contributed by atoms with Crippen LogP contribution in [0.3, 0.4) is 0 Å². The molecule has 0 aromatic carbocycles. The Morgan fingerprint density at radius 2 is 1.69 bits per heavy atom. The Morgan fingerprint density at radius 3 is 2.15 bits per heavy atom. The van der Waals surface area contributed by atoms with Gasteiger partial charge in [0.2, 0.25) is 0 Å². The fourth-order valence-corrected chi connectivity index (χ4v) is 0.994. The predicted molar refractivity (Wildman–Crippen MR) is 58.9 cm³/mol. The second-order valence-electron chi connectivity index (χ2n) is 4.39. The van der Waals surface area contributed by atoms with Gasteiger partial charge in [0, 0.05) is 19.8 Å². The number of hydrogen-bond acceptors (Lipinski definition) is 3. The van der Waals surface area contributed by atoms with Gasteiger partial charge in [-0.3, -0.25) is 4.90 Å². The molecular weight excluding hydrogens is 162 g/mol. The van der Waals surface area contributed by atoms with Gasteiger partial charge in [-0.15, -0.1) is 0 Å². The van der Waals surface area contributed by atoms with E-state index in [-0.39, 0.29) is 0 Å². The second kappa shape index (κ2) is 7.30. The largest absolute Gasteiger partial charge is 0.308 e. The predicted octanol–water partition coefficient (Wildman–Crippen LogP) is 0.683. The van der Waals surface area contributed by atoms with Gasteiger partial charge in [0.1, 0.15) is 0 Å². The summed E-state index contributed by atoms with van der Waals surface area (Å²) in [5, 5.41) is 3.42. The van der Waals surface area contributed by atoms with Crippen molar-refractivity contribution >= 4 is 0 Å². The Kier molecular flexibility index (Phi) is 7.23. The first-order valence-corrected chi connectivity index (χ1v) is 5.06. The summed E-state index contributed by atoms with van der Waals surface area (Å²) in [7, 11) is 6.36. The first-order chi connectivity index (χ1) is 6.02. The summed E-state index contributed by atoms with van der Waals surface area (Å²) in [6.07, 6.45) is 0. The minimum Gasteiger partial charge on any atom is -0.308 e. The van der Waals surface area contributed by atoms with Crippen LogP contribution in [-0.4, -0.2) is 57.2 Å². The van der Waals surface area contributed by atoms with Crippen LogP contribution in [0, 0.1) is 5.92 Å². The van der Waals surface area contributed by atoms with Crippen LogP contribution in [-0.2, 0) is 0 Å². The lowest BCUT2D eigenvalue weighted by molar-refractivity contribution is 0.262. The summed E-state index contributed by atoms with van der Waals surface area (Å²) in [5.41, 5.74) is 0. The van der Waals surface area contributed by atoms with Crippen molar-refractivity contribution in [2.24, 2.45) is 5.92 Å². The Hall–Kier alpha value is -0.120. The number of nitrogens with one attached hydrogen (secondary N) is 1. The zero-order chi connectivity index (χ0) is 10.3. The third-order valence-corrected chi connectivity index (χ3v) is 1.86. The summed E-state index contributed by atoms with van der Waals surface area (Å²) < 4.78 is 0. The summed E-state index contributed by atoms with van der Waals surface area (Å²) in [6.45, 7) is 8.80. The molecule has 0 radical (unpaired) electrons. The van der Waals surface area contributed by atoms with Gasteiger partial charge in [-0.05, 0) is 33.6 Å². The minimum absolute atomic E-state index is 0.738. The molecule has 0 bridgehead atoms. The van der Waals surface area contributed by atoms with E-state index in [1.165, 1.54) is 0 Å². The Labute approximate surface area is 83.1 Å². The zero-order valence-electron chi connectivity index (χ0n) is 9.80. The smallest absolute Gasteiger partial charge is 0.0478 e. The molecule has 0 saturated carbocycles. The highest BCUT2D eigenvalue weighted by molar-refractivity contribution is 4.54. The van der Waals surface area contributed by atoms with Crippen molar-refractivity contribution in [1.82, 2.24) is 15.1 Å². The van der Waals surface area contributed by atoms with E-state index < -0.39 is 0 Å². The third kappa shape index (κ3) is 9.80. The van der Waals surface area contributed by atoms with Crippen molar-refractivity contribution in [3.63, 3.8) is 0 Å². The molecule has 0 amide bonds. The van der Waals surface area contributed by atoms with Gasteiger partial charge in [-0.1, -0.05) is 13.8 Å². The minimum atomic E-state index is 0.738. The fourth-order valence-electron chi connectivity index (χ4n) is 0.994. The van der Waals surface area contributed by atoms with Gasteiger partial charge in [0.15, 0.2) is 0 Å². The van der Waals surface area contributed by atoms with Crippen LogP contribution >= 0.6 is 0 Å². The van der Waals surface area contributed by atoms with Crippen LogP contribution in [0.5, 0.6) is 0 Å². The summed E-state index contributed by atoms with van der Waals surface area (Å²) in [5.74, 6) is 0.738. The van der Waals surface area contributed by atoms with Crippen molar-refractivity contribution < 1.29 is 0 Å². The molecule has 0 aliphatic carbocycles. The lowest BCUT2D eigenvalue weighted by Crippen LogP contribution is -2.37. The van der Waals surface area contributed by atoms with Crippen molar-refractivity contribution in [3.8, 4) is 0 Å². The van der Waals surface area contributed by atoms with Gasteiger partial charge < -0.3 is 10.2 Å². The highest BCUT2D eigenvalue weighted by Crippen LogP contribution is 1.87. The van der Waals surface area contributed by atoms with Gasteiger partial charge >= 0.3 is 0 Å². The van der Waals surface area contributed by atoms with E-state index in [0.717, 1.165) is 32.2 Å². The molecule has 3 heteroatoms. The monoisotopic (exact) mass is 187 g/mol. The molecule has 1 N–H and O–H groups in total. The SMILES string of the molecule is CC(C)CNCN(C)CCN(C)C. The number of nitrogens with zero attached hydrogens (tertiary/aromatic N) is 2. The standard InChI is InChI=1S/C10H25N3/c1-10(2)8-11-9-13(5)7-6-12(3)4/h10-11H,6-9H2,1-5H3. The Balaban J connectivity index is 3.25. The van der Waals surface area contributed by atoms with Crippen molar-refractivity contribution in [2.75, 3.05) is 47.4 Å². The molecule has 80 valence electrons. The molecule has 3 nitrogen and oxygen atoms in total. The average molecular weight is 187 g/mol. The van der Waals surface area contributed by atoms with E-state index >= 15 is 0 Å². The first kappa shape index (κ1) is 12.9.